The third kappa shape index (κ3) is 1.77. The highest BCUT2D eigenvalue weighted by atomic mass is 16.5. The summed E-state index contributed by atoms with van der Waals surface area (Å²) in [4.78, 5) is 12.1. The van der Waals surface area contributed by atoms with E-state index in [9.17, 15) is 4.79 Å². The standard InChI is InChI=1S/C14H13NO3/c15-8-10-11-6-7-12(18-11)13(10)14(16)17-9-4-2-1-3-5-9/h1-5,10-13H,6-7H2/t10-,11-,12+,13+/m0/s1. The summed E-state index contributed by atoms with van der Waals surface area (Å²) in [5, 5.41) is 9.14. The Hall–Kier alpha value is -1.86. The van der Waals surface area contributed by atoms with Gasteiger partial charge in [-0.1, -0.05) is 18.2 Å². The molecule has 92 valence electrons. The second kappa shape index (κ2) is 4.43. The molecule has 0 unspecified atom stereocenters. The van der Waals surface area contributed by atoms with Crippen molar-refractivity contribution in [2.45, 2.75) is 25.0 Å². The summed E-state index contributed by atoms with van der Waals surface area (Å²) in [5.41, 5.74) is 0. The van der Waals surface area contributed by atoms with Gasteiger partial charge in [0.15, 0.2) is 0 Å². The van der Waals surface area contributed by atoms with E-state index in [1.807, 2.05) is 18.2 Å². The number of hydrogen-bond donors (Lipinski definition) is 0. The van der Waals surface area contributed by atoms with Gasteiger partial charge in [-0.15, -0.1) is 0 Å². The molecule has 0 aromatic heterocycles. The zero-order chi connectivity index (χ0) is 12.5. The molecule has 4 nitrogen and oxygen atoms in total. The second-order valence-corrected chi connectivity index (χ2v) is 4.71. The number of rotatable bonds is 2. The lowest BCUT2D eigenvalue weighted by Crippen LogP contribution is -2.35. The van der Waals surface area contributed by atoms with Gasteiger partial charge in [-0.3, -0.25) is 4.79 Å². The fourth-order valence-electron chi connectivity index (χ4n) is 2.81. The first-order chi connectivity index (χ1) is 8.79. The van der Waals surface area contributed by atoms with E-state index in [1.54, 1.807) is 12.1 Å². The molecule has 0 spiro atoms. The van der Waals surface area contributed by atoms with Gasteiger partial charge in [-0.25, -0.2) is 0 Å². The molecule has 0 N–H and O–H groups in total. The van der Waals surface area contributed by atoms with Crippen LogP contribution in [0.2, 0.25) is 0 Å². The number of carbonyl (C=O) groups is 1. The molecule has 2 heterocycles. The van der Waals surface area contributed by atoms with Crippen molar-refractivity contribution in [3.8, 4) is 11.8 Å². The van der Waals surface area contributed by atoms with Gasteiger partial charge < -0.3 is 9.47 Å². The summed E-state index contributed by atoms with van der Waals surface area (Å²) in [7, 11) is 0. The van der Waals surface area contributed by atoms with Crippen LogP contribution in [0.3, 0.4) is 0 Å². The van der Waals surface area contributed by atoms with Gasteiger partial charge in [0.05, 0.1) is 24.2 Å². The van der Waals surface area contributed by atoms with E-state index in [-0.39, 0.29) is 24.1 Å². The van der Waals surface area contributed by atoms with Crippen LogP contribution in [0, 0.1) is 23.2 Å². The summed E-state index contributed by atoms with van der Waals surface area (Å²) in [6, 6.07) is 11.1. The predicted octanol–water partition coefficient (Wildman–Crippen LogP) is 1.91. The monoisotopic (exact) mass is 243 g/mol. The quantitative estimate of drug-likeness (QED) is 0.588. The second-order valence-electron chi connectivity index (χ2n) is 4.71. The Balaban J connectivity index is 1.75. The molecule has 18 heavy (non-hydrogen) atoms. The van der Waals surface area contributed by atoms with Crippen LogP contribution < -0.4 is 4.74 Å². The molecule has 2 fully saturated rings. The Labute approximate surface area is 105 Å². The van der Waals surface area contributed by atoms with Gasteiger partial charge >= 0.3 is 5.97 Å². The summed E-state index contributed by atoms with van der Waals surface area (Å²) in [5.74, 6) is -0.629. The molecule has 4 heteroatoms. The van der Waals surface area contributed by atoms with Gasteiger partial charge in [-0.2, -0.15) is 5.26 Å². The normalized spacial score (nSPS) is 33.1. The van der Waals surface area contributed by atoms with Crippen LogP contribution >= 0.6 is 0 Å². The molecule has 3 rings (SSSR count). The van der Waals surface area contributed by atoms with Gasteiger partial charge in [-0.05, 0) is 25.0 Å². The molecule has 2 aliphatic heterocycles. The number of nitrogens with zero attached hydrogens (tertiary/aromatic N) is 1. The minimum atomic E-state index is -0.436. The highest BCUT2D eigenvalue weighted by molar-refractivity contribution is 5.77. The Bertz CT molecular complexity index is 494. The number of benzene rings is 1. The zero-order valence-corrected chi connectivity index (χ0v) is 9.78. The molecule has 2 bridgehead atoms. The summed E-state index contributed by atoms with van der Waals surface area (Å²) in [6.07, 6.45) is 1.49. The van der Waals surface area contributed by atoms with Crippen molar-refractivity contribution in [1.82, 2.24) is 0 Å². The molecule has 2 saturated heterocycles. The molecule has 1 aromatic carbocycles. The van der Waals surface area contributed by atoms with Crippen molar-refractivity contribution >= 4 is 5.97 Å². The molecular formula is C14H13NO3. The molecule has 2 aliphatic rings. The van der Waals surface area contributed by atoms with Crippen LogP contribution in [0.15, 0.2) is 30.3 Å². The number of carbonyl (C=O) groups excluding carboxylic acids is 1. The number of esters is 1. The molecule has 0 aliphatic carbocycles. The largest absolute Gasteiger partial charge is 0.426 e. The average Bonchev–Trinajstić information content (AvgIpc) is 2.99. The molecule has 0 saturated carbocycles. The van der Waals surface area contributed by atoms with Gasteiger partial charge in [0, 0.05) is 0 Å². The molecule has 1 aromatic rings. The Kier molecular flexibility index (Phi) is 2.77. The maximum Gasteiger partial charge on any atom is 0.318 e. The molecule has 0 radical (unpaired) electrons. The third-order valence-electron chi connectivity index (χ3n) is 3.66. The van der Waals surface area contributed by atoms with Crippen molar-refractivity contribution < 1.29 is 14.3 Å². The molecule has 0 amide bonds. The Morgan fingerprint density at radius 1 is 1.28 bits per heavy atom. The number of ether oxygens (including phenoxy) is 2. The maximum absolute atomic E-state index is 12.1. The lowest BCUT2D eigenvalue weighted by atomic mass is 9.80. The average molecular weight is 243 g/mol. The highest BCUT2D eigenvalue weighted by Crippen LogP contribution is 2.43. The maximum atomic E-state index is 12.1. The topological polar surface area (TPSA) is 59.3 Å². The fraction of sp³-hybridized carbons (Fsp3) is 0.429. The minimum absolute atomic E-state index is 0.0895. The van der Waals surface area contributed by atoms with Crippen molar-refractivity contribution in [2.24, 2.45) is 11.8 Å². The Morgan fingerprint density at radius 2 is 2.00 bits per heavy atom. The first kappa shape index (κ1) is 11.2. The van der Waals surface area contributed by atoms with E-state index in [4.69, 9.17) is 14.7 Å². The van der Waals surface area contributed by atoms with E-state index in [0.29, 0.717) is 5.75 Å². The van der Waals surface area contributed by atoms with Gasteiger partial charge in [0.25, 0.3) is 0 Å². The number of para-hydroxylation sites is 1. The predicted molar refractivity (Wildman–Crippen MR) is 62.6 cm³/mol. The minimum Gasteiger partial charge on any atom is -0.426 e. The smallest absolute Gasteiger partial charge is 0.318 e. The van der Waals surface area contributed by atoms with Crippen LogP contribution in [0.25, 0.3) is 0 Å². The first-order valence-electron chi connectivity index (χ1n) is 6.11. The van der Waals surface area contributed by atoms with Crippen molar-refractivity contribution in [2.75, 3.05) is 0 Å². The van der Waals surface area contributed by atoms with E-state index in [0.717, 1.165) is 12.8 Å². The lowest BCUT2D eigenvalue weighted by Gasteiger charge is -2.20. The SMILES string of the molecule is N#C[C@@H]1[C@@H](C(=O)Oc2ccccc2)[C@H]2CC[C@@H]1O2. The van der Waals surface area contributed by atoms with Crippen LogP contribution in [0.4, 0.5) is 0 Å². The zero-order valence-electron chi connectivity index (χ0n) is 9.78. The van der Waals surface area contributed by atoms with Crippen molar-refractivity contribution in [3.63, 3.8) is 0 Å². The highest BCUT2D eigenvalue weighted by Gasteiger charge is 2.53. The molecular weight excluding hydrogens is 230 g/mol. The van der Waals surface area contributed by atoms with E-state index >= 15 is 0 Å². The Morgan fingerprint density at radius 3 is 2.72 bits per heavy atom. The van der Waals surface area contributed by atoms with Gasteiger partial charge in [0.2, 0.25) is 0 Å². The van der Waals surface area contributed by atoms with Crippen LogP contribution in [-0.4, -0.2) is 18.2 Å². The molecule has 4 atom stereocenters. The summed E-state index contributed by atoms with van der Waals surface area (Å²) < 4.78 is 10.9. The fourth-order valence-corrected chi connectivity index (χ4v) is 2.81. The summed E-state index contributed by atoms with van der Waals surface area (Å²) >= 11 is 0. The summed E-state index contributed by atoms with van der Waals surface area (Å²) in [6.45, 7) is 0. The number of nitriles is 1. The van der Waals surface area contributed by atoms with E-state index < -0.39 is 5.92 Å². The van der Waals surface area contributed by atoms with Crippen LogP contribution in [0.5, 0.6) is 5.75 Å². The van der Waals surface area contributed by atoms with Crippen LogP contribution in [0.1, 0.15) is 12.8 Å². The van der Waals surface area contributed by atoms with E-state index in [2.05, 4.69) is 6.07 Å². The third-order valence-corrected chi connectivity index (χ3v) is 3.66. The first-order valence-corrected chi connectivity index (χ1v) is 6.11. The lowest BCUT2D eigenvalue weighted by molar-refractivity contribution is -0.141. The van der Waals surface area contributed by atoms with Crippen molar-refractivity contribution in [1.29, 1.82) is 5.26 Å². The van der Waals surface area contributed by atoms with Crippen molar-refractivity contribution in [3.05, 3.63) is 30.3 Å². The van der Waals surface area contributed by atoms with E-state index in [1.165, 1.54) is 0 Å². The number of fused-ring (bicyclic) bond motifs is 2. The number of hydrogen-bond acceptors (Lipinski definition) is 4. The van der Waals surface area contributed by atoms with Gasteiger partial charge in [0.1, 0.15) is 11.7 Å². The van der Waals surface area contributed by atoms with Crippen LogP contribution in [-0.2, 0) is 9.53 Å².